The molecule has 0 aliphatic carbocycles. The van der Waals surface area contributed by atoms with E-state index >= 15 is 0 Å². The van der Waals surface area contributed by atoms with Gasteiger partial charge in [0.1, 0.15) is 12.4 Å². The van der Waals surface area contributed by atoms with Crippen molar-refractivity contribution < 1.29 is 14.3 Å². The first kappa shape index (κ1) is 17.1. The first-order valence-corrected chi connectivity index (χ1v) is 8.76. The zero-order chi connectivity index (χ0) is 17.6. The van der Waals surface area contributed by atoms with Crippen molar-refractivity contribution in [2.45, 2.75) is 18.2 Å². The maximum atomic E-state index is 12.6. The molecule has 5 heteroatoms. The summed E-state index contributed by atoms with van der Waals surface area (Å²) in [6.07, 6.45) is 5.67. The second-order valence-electron chi connectivity index (χ2n) is 5.62. The van der Waals surface area contributed by atoms with Crippen LogP contribution in [0.1, 0.15) is 11.1 Å². The van der Waals surface area contributed by atoms with Crippen LogP contribution in [-0.4, -0.2) is 27.9 Å². The number of imide groups is 1. The fourth-order valence-corrected chi connectivity index (χ4v) is 3.63. The molecule has 0 bridgehead atoms. The Balaban J connectivity index is 1.63. The van der Waals surface area contributed by atoms with E-state index in [1.54, 1.807) is 0 Å². The summed E-state index contributed by atoms with van der Waals surface area (Å²) in [6.45, 7) is 0.542. The maximum absolute atomic E-state index is 12.6. The fourth-order valence-electron chi connectivity index (χ4n) is 2.60. The minimum Gasteiger partial charge on any atom is -0.481 e. The molecule has 0 spiro atoms. The number of ether oxygens (including phenoxy) is 1. The van der Waals surface area contributed by atoms with Crippen LogP contribution in [0.25, 0.3) is 0 Å². The van der Waals surface area contributed by atoms with E-state index in [0.29, 0.717) is 18.7 Å². The number of thioether (sulfide) groups is 1. The Labute approximate surface area is 151 Å². The highest BCUT2D eigenvalue weighted by Gasteiger charge is 2.39. The molecule has 0 aromatic heterocycles. The first-order valence-electron chi connectivity index (χ1n) is 7.88. The van der Waals surface area contributed by atoms with Crippen LogP contribution in [0.2, 0.25) is 0 Å². The molecule has 0 saturated carbocycles. The van der Waals surface area contributed by atoms with Crippen LogP contribution < -0.4 is 4.74 Å². The number of rotatable bonds is 6. The quantitative estimate of drug-likeness (QED) is 0.747. The SMILES string of the molecule is C#CCOc1ccc(C[C@@H]2SC(=O)N(Cc3ccccc3)C2=O)cc1. The molecule has 1 aliphatic rings. The third-order valence-electron chi connectivity index (χ3n) is 3.86. The fraction of sp³-hybridized carbons (Fsp3) is 0.200. The van der Waals surface area contributed by atoms with E-state index in [1.807, 2.05) is 54.6 Å². The summed E-state index contributed by atoms with van der Waals surface area (Å²) in [5, 5.41) is -0.568. The molecular formula is C20H17NO3S. The van der Waals surface area contributed by atoms with E-state index in [0.717, 1.165) is 22.9 Å². The van der Waals surface area contributed by atoms with Gasteiger partial charge in [0.25, 0.3) is 5.24 Å². The van der Waals surface area contributed by atoms with Gasteiger partial charge >= 0.3 is 0 Å². The Morgan fingerprint density at radius 1 is 1.04 bits per heavy atom. The Morgan fingerprint density at radius 3 is 2.44 bits per heavy atom. The summed E-state index contributed by atoms with van der Waals surface area (Å²) in [7, 11) is 0. The van der Waals surface area contributed by atoms with Gasteiger partial charge < -0.3 is 4.74 Å². The molecule has 1 saturated heterocycles. The molecule has 1 aliphatic heterocycles. The van der Waals surface area contributed by atoms with Gasteiger partial charge in [-0.25, -0.2) is 0 Å². The van der Waals surface area contributed by atoms with Gasteiger partial charge in [-0.2, -0.15) is 0 Å². The van der Waals surface area contributed by atoms with E-state index < -0.39 is 0 Å². The standard InChI is InChI=1S/C20H17NO3S/c1-2-12-24-17-10-8-15(9-11-17)13-18-19(22)21(20(23)25-18)14-16-6-4-3-5-7-16/h1,3-11,18H,12-14H2/t18-/m0/s1. The van der Waals surface area contributed by atoms with Crippen LogP contribution in [0.5, 0.6) is 5.75 Å². The number of carbonyl (C=O) groups is 2. The molecule has 0 unspecified atom stereocenters. The Bertz CT molecular complexity index is 796. The molecule has 126 valence electrons. The topological polar surface area (TPSA) is 46.6 Å². The van der Waals surface area contributed by atoms with Gasteiger partial charge in [-0.05, 0) is 29.7 Å². The number of carbonyl (C=O) groups excluding carboxylic acids is 2. The van der Waals surface area contributed by atoms with Gasteiger partial charge in [-0.1, -0.05) is 60.1 Å². The van der Waals surface area contributed by atoms with Crippen molar-refractivity contribution in [3.05, 3.63) is 65.7 Å². The summed E-state index contributed by atoms with van der Waals surface area (Å²) < 4.78 is 5.33. The van der Waals surface area contributed by atoms with Gasteiger partial charge in [0, 0.05) is 0 Å². The molecule has 3 rings (SSSR count). The molecule has 1 atom stereocenters. The van der Waals surface area contributed by atoms with E-state index in [-0.39, 0.29) is 23.0 Å². The molecule has 0 N–H and O–H groups in total. The number of amides is 2. The Kier molecular flexibility index (Phi) is 5.42. The summed E-state index contributed by atoms with van der Waals surface area (Å²) in [6, 6.07) is 16.9. The molecule has 2 aromatic carbocycles. The third-order valence-corrected chi connectivity index (χ3v) is 4.93. The zero-order valence-corrected chi connectivity index (χ0v) is 14.4. The maximum Gasteiger partial charge on any atom is 0.289 e. The number of nitrogens with zero attached hydrogens (tertiary/aromatic N) is 1. The minimum absolute atomic E-state index is 0.133. The van der Waals surface area contributed by atoms with Crippen molar-refractivity contribution in [2.75, 3.05) is 6.61 Å². The van der Waals surface area contributed by atoms with Crippen LogP contribution in [0.15, 0.2) is 54.6 Å². The van der Waals surface area contributed by atoms with Crippen molar-refractivity contribution in [2.24, 2.45) is 0 Å². The molecular weight excluding hydrogens is 334 g/mol. The van der Waals surface area contributed by atoms with Crippen LogP contribution in [0.4, 0.5) is 4.79 Å². The van der Waals surface area contributed by atoms with E-state index in [2.05, 4.69) is 5.92 Å². The van der Waals surface area contributed by atoms with Crippen LogP contribution >= 0.6 is 11.8 Å². The molecule has 0 radical (unpaired) electrons. The van der Waals surface area contributed by atoms with E-state index in [1.165, 1.54) is 4.90 Å². The highest BCUT2D eigenvalue weighted by molar-refractivity contribution is 8.15. The smallest absolute Gasteiger partial charge is 0.289 e. The zero-order valence-electron chi connectivity index (χ0n) is 13.6. The second kappa shape index (κ2) is 7.91. The summed E-state index contributed by atoms with van der Waals surface area (Å²) >= 11 is 1.09. The predicted octanol–water partition coefficient (Wildman–Crippen LogP) is 3.51. The lowest BCUT2D eigenvalue weighted by Gasteiger charge is -2.14. The van der Waals surface area contributed by atoms with Gasteiger partial charge in [-0.15, -0.1) is 6.42 Å². The highest BCUT2D eigenvalue weighted by atomic mass is 32.2. The average Bonchev–Trinajstić information content (AvgIpc) is 2.89. The minimum atomic E-state index is -0.381. The lowest BCUT2D eigenvalue weighted by atomic mass is 10.1. The first-order chi connectivity index (χ1) is 12.2. The number of benzene rings is 2. The van der Waals surface area contributed by atoms with Crippen molar-refractivity contribution in [3.63, 3.8) is 0 Å². The van der Waals surface area contributed by atoms with Crippen molar-refractivity contribution in [1.29, 1.82) is 0 Å². The normalized spacial score (nSPS) is 16.8. The van der Waals surface area contributed by atoms with Gasteiger partial charge in [0.05, 0.1) is 11.8 Å². The van der Waals surface area contributed by atoms with Crippen molar-refractivity contribution in [3.8, 4) is 18.1 Å². The summed E-state index contributed by atoms with van der Waals surface area (Å²) in [4.78, 5) is 26.1. The number of hydrogen-bond acceptors (Lipinski definition) is 4. The monoisotopic (exact) mass is 351 g/mol. The van der Waals surface area contributed by atoms with Gasteiger partial charge in [0.2, 0.25) is 5.91 Å². The molecule has 25 heavy (non-hydrogen) atoms. The van der Waals surface area contributed by atoms with Crippen LogP contribution in [0, 0.1) is 12.3 Å². The van der Waals surface area contributed by atoms with Crippen molar-refractivity contribution in [1.82, 2.24) is 4.90 Å². The Hall–Kier alpha value is -2.71. The van der Waals surface area contributed by atoms with Crippen LogP contribution in [0.3, 0.4) is 0 Å². The largest absolute Gasteiger partial charge is 0.481 e. The van der Waals surface area contributed by atoms with Gasteiger partial charge in [-0.3, -0.25) is 14.5 Å². The highest BCUT2D eigenvalue weighted by Crippen LogP contribution is 2.31. The molecule has 1 fully saturated rings. The second-order valence-corrected chi connectivity index (χ2v) is 6.78. The number of terminal acetylenes is 1. The molecule has 4 nitrogen and oxygen atoms in total. The molecule has 1 heterocycles. The lowest BCUT2D eigenvalue weighted by molar-refractivity contribution is -0.127. The molecule has 2 aromatic rings. The number of hydrogen-bond donors (Lipinski definition) is 0. The Morgan fingerprint density at radius 2 is 1.76 bits per heavy atom. The van der Waals surface area contributed by atoms with Crippen LogP contribution in [-0.2, 0) is 17.8 Å². The summed E-state index contributed by atoms with van der Waals surface area (Å²) in [5.41, 5.74) is 1.92. The van der Waals surface area contributed by atoms with E-state index in [4.69, 9.17) is 11.2 Å². The predicted molar refractivity (Wildman–Crippen MR) is 98.2 cm³/mol. The summed E-state index contributed by atoms with van der Waals surface area (Å²) in [5.74, 6) is 2.97. The van der Waals surface area contributed by atoms with Gasteiger partial charge in [0.15, 0.2) is 0 Å². The average molecular weight is 351 g/mol. The third kappa shape index (κ3) is 4.23. The van der Waals surface area contributed by atoms with E-state index in [9.17, 15) is 9.59 Å². The molecule has 2 amide bonds. The van der Waals surface area contributed by atoms with Crippen molar-refractivity contribution >= 4 is 22.9 Å². The lowest BCUT2D eigenvalue weighted by Crippen LogP contribution is -2.31.